The van der Waals surface area contributed by atoms with Crippen molar-refractivity contribution in [1.29, 1.82) is 0 Å². The van der Waals surface area contributed by atoms with E-state index < -0.39 is 0 Å². The van der Waals surface area contributed by atoms with Crippen LogP contribution < -0.4 is 9.75 Å². The second kappa shape index (κ2) is 8.55. The zero-order valence-electron chi connectivity index (χ0n) is 15.4. The Morgan fingerprint density at radius 2 is 1.86 bits per heavy atom. The standard InChI is InChI=1S/C22H16BrN3O2S/c1-28-18-10-7-15(8-11-18)14-24-26(21(27)16-5-3-2-4-6-16)22-25-19-12-9-17(23)13-20(19)29-22/h2-14H,1H3/b24-14+. The Morgan fingerprint density at radius 3 is 2.59 bits per heavy atom. The molecule has 1 amide bonds. The molecule has 0 radical (unpaired) electrons. The van der Waals surface area contributed by atoms with Crippen molar-refractivity contribution in [2.24, 2.45) is 5.10 Å². The average Bonchev–Trinajstić information content (AvgIpc) is 3.17. The largest absolute Gasteiger partial charge is 0.497 e. The van der Waals surface area contributed by atoms with Crippen LogP contribution in [0.15, 0.2) is 82.4 Å². The lowest BCUT2D eigenvalue weighted by atomic mass is 10.2. The van der Waals surface area contributed by atoms with Gasteiger partial charge < -0.3 is 4.74 Å². The van der Waals surface area contributed by atoms with Gasteiger partial charge in [-0.05, 0) is 60.2 Å². The summed E-state index contributed by atoms with van der Waals surface area (Å²) in [6, 6.07) is 22.3. The van der Waals surface area contributed by atoms with E-state index in [2.05, 4.69) is 26.0 Å². The van der Waals surface area contributed by atoms with E-state index in [1.165, 1.54) is 16.3 Å². The Bertz CT molecular complexity index is 1170. The van der Waals surface area contributed by atoms with Crippen LogP contribution in [0.3, 0.4) is 0 Å². The number of benzene rings is 3. The minimum atomic E-state index is -0.242. The predicted molar refractivity (Wildman–Crippen MR) is 121 cm³/mol. The first kappa shape index (κ1) is 19.3. The van der Waals surface area contributed by atoms with Gasteiger partial charge in [-0.1, -0.05) is 45.5 Å². The quantitative estimate of drug-likeness (QED) is 0.278. The van der Waals surface area contributed by atoms with Crippen molar-refractivity contribution in [3.63, 3.8) is 0 Å². The van der Waals surface area contributed by atoms with Gasteiger partial charge in [0.05, 0.1) is 23.5 Å². The van der Waals surface area contributed by atoms with Crippen molar-refractivity contribution in [2.75, 3.05) is 12.1 Å². The average molecular weight is 466 g/mol. The molecule has 1 heterocycles. The number of hydrogen-bond donors (Lipinski definition) is 0. The number of carbonyl (C=O) groups excluding carboxylic acids is 1. The molecule has 0 spiro atoms. The summed E-state index contributed by atoms with van der Waals surface area (Å²) in [4.78, 5) is 17.8. The first-order valence-corrected chi connectivity index (χ1v) is 10.4. The number of aromatic nitrogens is 1. The van der Waals surface area contributed by atoms with Crippen LogP contribution in [-0.2, 0) is 0 Å². The highest BCUT2D eigenvalue weighted by molar-refractivity contribution is 9.10. The molecule has 0 aliphatic rings. The maximum absolute atomic E-state index is 13.2. The Morgan fingerprint density at radius 1 is 1.10 bits per heavy atom. The molecule has 0 fully saturated rings. The zero-order chi connectivity index (χ0) is 20.2. The summed E-state index contributed by atoms with van der Waals surface area (Å²) in [5.41, 5.74) is 2.21. The van der Waals surface area contributed by atoms with Gasteiger partial charge in [0.15, 0.2) is 0 Å². The molecule has 4 rings (SSSR count). The molecule has 0 aliphatic heterocycles. The highest BCUT2D eigenvalue weighted by atomic mass is 79.9. The molecule has 0 saturated carbocycles. The number of halogens is 1. The molecule has 4 aromatic rings. The highest BCUT2D eigenvalue weighted by Gasteiger charge is 2.20. The predicted octanol–water partition coefficient (Wildman–Crippen LogP) is 5.75. The summed E-state index contributed by atoms with van der Waals surface area (Å²) < 4.78 is 7.12. The van der Waals surface area contributed by atoms with E-state index in [1.54, 1.807) is 25.5 Å². The molecule has 0 N–H and O–H groups in total. The third-order valence-corrected chi connectivity index (χ3v) is 5.66. The van der Waals surface area contributed by atoms with E-state index >= 15 is 0 Å². The fourth-order valence-corrected chi connectivity index (χ4v) is 4.16. The third-order valence-electron chi connectivity index (χ3n) is 4.17. The summed E-state index contributed by atoms with van der Waals surface area (Å²) in [5.74, 6) is 0.518. The highest BCUT2D eigenvalue weighted by Crippen LogP contribution is 2.32. The number of hydrazone groups is 1. The maximum Gasteiger partial charge on any atom is 0.280 e. The molecule has 29 heavy (non-hydrogen) atoms. The van der Waals surface area contributed by atoms with Crippen molar-refractivity contribution < 1.29 is 9.53 Å². The number of carbonyl (C=O) groups is 1. The summed E-state index contributed by atoms with van der Waals surface area (Å²) in [6.07, 6.45) is 1.64. The normalized spacial score (nSPS) is 11.1. The molecule has 3 aromatic carbocycles. The molecule has 144 valence electrons. The Balaban J connectivity index is 1.73. The topological polar surface area (TPSA) is 54.8 Å². The van der Waals surface area contributed by atoms with Gasteiger partial charge in [0, 0.05) is 10.0 Å². The number of nitrogens with zero attached hydrogens (tertiary/aromatic N) is 3. The van der Waals surface area contributed by atoms with Gasteiger partial charge in [0.2, 0.25) is 5.13 Å². The van der Waals surface area contributed by atoms with Gasteiger partial charge in [-0.25, -0.2) is 4.98 Å². The van der Waals surface area contributed by atoms with Gasteiger partial charge in [-0.15, -0.1) is 0 Å². The van der Waals surface area contributed by atoms with Crippen molar-refractivity contribution in [1.82, 2.24) is 4.98 Å². The van der Waals surface area contributed by atoms with E-state index in [0.717, 1.165) is 26.0 Å². The number of hydrogen-bond acceptors (Lipinski definition) is 5. The fourth-order valence-electron chi connectivity index (χ4n) is 2.68. The number of fused-ring (bicyclic) bond motifs is 1. The SMILES string of the molecule is COc1ccc(/C=N/N(C(=O)c2ccccc2)c2nc3ccc(Br)cc3s2)cc1. The monoisotopic (exact) mass is 465 g/mol. The van der Waals surface area contributed by atoms with Crippen LogP contribution in [-0.4, -0.2) is 24.2 Å². The number of anilines is 1. The molecule has 5 nitrogen and oxygen atoms in total. The maximum atomic E-state index is 13.2. The minimum absolute atomic E-state index is 0.242. The van der Waals surface area contributed by atoms with Gasteiger partial charge >= 0.3 is 0 Å². The second-order valence-corrected chi connectivity index (χ2v) is 8.03. The third kappa shape index (κ3) is 4.36. The molecular formula is C22H16BrN3O2S. The lowest BCUT2D eigenvalue weighted by Crippen LogP contribution is -2.25. The van der Waals surface area contributed by atoms with Gasteiger partial charge in [0.1, 0.15) is 5.75 Å². The summed E-state index contributed by atoms with van der Waals surface area (Å²) in [5, 5.41) is 6.32. The van der Waals surface area contributed by atoms with E-state index in [9.17, 15) is 4.79 Å². The van der Waals surface area contributed by atoms with E-state index in [1.807, 2.05) is 60.7 Å². The summed E-state index contributed by atoms with van der Waals surface area (Å²) in [6.45, 7) is 0. The zero-order valence-corrected chi connectivity index (χ0v) is 17.9. The van der Waals surface area contributed by atoms with Crippen LogP contribution in [0.25, 0.3) is 10.2 Å². The molecule has 0 saturated heterocycles. The van der Waals surface area contributed by atoms with Crippen LogP contribution in [0.5, 0.6) is 5.75 Å². The smallest absolute Gasteiger partial charge is 0.280 e. The van der Waals surface area contributed by atoms with E-state index in [4.69, 9.17) is 4.74 Å². The van der Waals surface area contributed by atoms with Gasteiger partial charge in [-0.2, -0.15) is 10.1 Å². The first-order chi connectivity index (χ1) is 14.1. The van der Waals surface area contributed by atoms with Crippen molar-refractivity contribution in [3.05, 3.63) is 88.4 Å². The van der Waals surface area contributed by atoms with Crippen molar-refractivity contribution in [2.45, 2.75) is 0 Å². The fraction of sp³-hybridized carbons (Fsp3) is 0.0455. The molecule has 1 aromatic heterocycles. The first-order valence-electron chi connectivity index (χ1n) is 8.78. The molecular weight excluding hydrogens is 450 g/mol. The second-order valence-electron chi connectivity index (χ2n) is 6.11. The van der Waals surface area contributed by atoms with Crippen LogP contribution in [0.4, 0.5) is 5.13 Å². The van der Waals surface area contributed by atoms with E-state index in [-0.39, 0.29) is 5.91 Å². The van der Waals surface area contributed by atoms with Crippen LogP contribution >= 0.6 is 27.3 Å². The minimum Gasteiger partial charge on any atom is -0.497 e. The molecule has 7 heteroatoms. The Labute approximate surface area is 180 Å². The van der Waals surface area contributed by atoms with Crippen LogP contribution in [0.2, 0.25) is 0 Å². The number of methoxy groups -OCH3 is 1. The number of amides is 1. The van der Waals surface area contributed by atoms with Crippen LogP contribution in [0.1, 0.15) is 15.9 Å². The number of thiazole rings is 1. The van der Waals surface area contributed by atoms with Gasteiger partial charge in [0.25, 0.3) is 5.91 Å². The van der Waals surface area contributed by atoms with Gasteiger partial charge in [-0.3, -0.25) is 4.79 Å². The molecule has 0 unspecified atom stereocenters. The van der Waals surface area contributed by atoms with E-state index in [0.29, 0.717) is 10.7 Å². The molecule has 0 atom stereocenters. The summed E-state index contributed by atoms with van der Waals surface area (Å²) >= 11 is 4.89. The molecule has 0 bridgehead atoms. The lowest BCUT2D eigenvalue weighted by Gasteiger charge is -2.13. The Kier molecular flexibility index (Phi) is 5.69. The summed E-state index contributed by atoms with van der Waals surface area (Å²) in [7, 11) is 1.62. The van der Waals surface area contributed by atoms with Crippen molar-refractivity contribution in [3.8, 4) is 5.75 Å². The number of rotatable bonds is 5. The number of ether oxygens (including phenoxy) is 1. The molecule has 0 aliphatic carbocycles. The van der Waals surface area contributed by atoms with Crippen LogP contribution in [0, 0.1) is 0 Å². The lowest BCUT2D eigenvalue weighted by molar-refractivity contribution is 0.0988. The Hall–Kier alpha value is -3.03. The van der Waals surface area contributed by atoms with Crippen molar-refractivity contribution >= 4 is 54.7 Å².